The molecular formula is C16H32N2O2. The smallest absolute Gasteiger partial charge is 0.219 e. The Hall–Kier alpha value is -1.32. The van der Waals surface area contributed by atoms with Gasteiger partial charge in [-0.15, -0.1) is 0 Å². The van der Waals surface area contributed by atoms with Crippen molar-refractivity contribution in [1.82, 2.24) is 10.6 Å². The Morgan fingerprint density at radius 3 is 1.40 bits per heavy atom. The summed E-state index contributed by atoms with van der Waals surface area (Å²) in [6.45, 7) is 4.00. The van der Waals surface area contributed by atoms with Gasteiger partial charge in [-0.3, -0.25) is 9.59 Å². The van der Waals surface area contributed by atoms with Crippen LogP contribution in [0, 0.1) is 0 Å². The Bertz CT molecular complexity index is 237. The molecule has 0 radical (unpaired) electrons. The average molecular weight is 284 g/mol. The van der Waals surface area contributed by atoms with E-state index >= 15 is 0 Å². The van der Waals surface area contributed by atoms with Crippen LogP contribution in [0.4, 0.5) is 0 Å². The van der Waals surface area contributed by atoms with Crippen molar-refractivity contribution in [3.8, 4) is 0 Å². The molecule has 4 heteroatoms. The van der Waals surface area contributed by atoms with Gasteiger partial charge >= 0.3 is 0 Å². The fourth-order valence-electron chi connectivity index (χ4n) is 1.58. The monoisotopic (exact) mass is 284 g/mol. The van der Waals surface area contributed by atoms with Crippen LogP contribution in [0.1, 0.15) is 65.2 Å². The molecule has 0 bridgehead atoms. The quantitative estimate of drug-likeness (QED) is 0.478. The summed E-state index contributed by atoms with van der Waals surface area (Å²) >= 11 is 0. The van der Waals surface area contributed by atoms with E-state index < -0.39 is 0 Å². The summed E-state index contributed by atoms with van der Waals surface area (Å²) in [5, 5.41) is 5.23. The Labute approximate surface area is 124 Å². The number of allylic oxidation sites excluding steroid dienone is 2. The van der Waals surface area contributed by atoms with Gasteiger partial charge in [-0.1, -0.05) is 26.0 Å². The molecule has 0 atom stereocenters. The number of carbonyl (C=O) groups is 2. The SMILES string of the molecule is CC.CNC(=O)CCCC/C=C\CCCCC(=O)NC. The lowest BCUT2D eigenvalue weighted by Crippen LogP contribution is -2.16. The van der Waals surface area contributed by atoms with E-state index in [-0.39, 0.29) is 11.8 Å². The van der Waals surface area contributed by atoms with E-state index in [9.17, 15) is 9.59 Å². The first-order valence-electron chi connectivity index (χ1n) is 7.77. The van der Waals surface area contributed by atoms with Crippen LogP contribution in [-0.4, -0.2) is 25.9 Å². The highest BCUT2D eigenvalue weighted by molar-refractivity contribution is 5.75. The van der Waals surface area contributed by atoms with Crippen LogP contribution in [0.15, 0.2) is 12.2 Å². The lowest BCUT2D eigenvalue weighted by Gasteiger charge is -1.98. The van der Waals surface area contributed by atoms with E-state index in [1.165, 1.54) is 0 Å². The van der Waals surface area contributed by atoms with Crippen molar-refractivity contribution < 1.29 is 9.59 Å². The second-order valence-electron chi connectivity index (χ2n) is 4.31. The zero-order valence-electron chi connectivity index (χ0n) is 13.6. The minimum Gasteiger partial charge on any atom is -0.359 e. The molecule has 0 saturated heterocycles. The van der Waals surface area contributed by atoms with Crippen LogP contribution in [0.2, 0.25) is 0 Å². The highest BCUT2D eigenvalue weighted by Gasteiger charge is 1.96. The lowest BCUT2D eigenvalue weighted by atomic mass is 10.1. The van der Waals surface area contributed by atoms with Gasteiger partial charge in [0.15, 0.2) is 0 Å². The zero-order chi connectivity index (χ0) is 15.6. The largest absolute Gasteiger partial charge is 0.359 e. The van der Waals surface area contributed by atoms with Gasteiger partial charge in [0.05, 0.1) is 0 Å². The van der Waals surface area contributed by atoms with Crippen molar-refractivity contribution in [2.75, 3.05) is 14.1 Å². The number of nitrogens with one attached hydrogen (secondary N) is 2. The first-order chi connectivity index (χ1) is 9.70. The topological polar surface area (TPSA) is 58.2 Å². The maximum Gasteiger partial charge on any atom is 0.219 e. The van der Waals surface area contributed by atoms with Gasteiger partial charge in [0.2, 0.25) is 11.8 Å². The summed E-state index contributed by atoms with van der Waals surface area (Å²) in [6, 6.07) is 0. The van der Waals surface area contributed by atoms with Crippen LogP contribution in [0.3, 0.4) is 0 Å². The molecule has 0 saturated carbocycles. The fraction of sp³-hybridized carbons (Fsp3) is 0.750. The van der Waals surface area contributed by atoms with Crippen LogP contribution in [-0.2, 0) is 9.59 Å². The summed E-state index contributed by atoms with van der Waals surface area (Å²) < 4.78 is 0. The molecule has 0 aliphatic carbocycles. The predicted molar refractivity (Wildman–Crippen MR) is 85.6 cm³/mol. The number of amides is 2. The molecule has 118 valence electrons. The summed E-state index contributed by atoms with van der Waals surface area (Å²) in [6.07, 6.45) is 11.7. The van der Waals surface area contributed by atoms with Gasteiger partial charge in [-0.25, -0.2) is 0 Å². The van der Waals surface area contributed by atoms with E-state index in [1.54, 1.807) is 14.1 Å². The van der Waals surface area contributed by atoms with Crippen molar-refractivity contribution >= 4 is 11.8 Å². The third kappa shape index (κ3) is 16.7. The average Bonchev–Trinajstić information content (AvgIpc) is 2.50. The minimum atomic E-state index is 0.119. The lowest BCUT2D eigenvalue weighted by molar-refractivity contribution is -0.121. The van der Waals surface area contributed by atoms with E-state index in [0.29, 0.717) is 12.8 Å². The van der Waals surface area contributed by atoms with Crippen molar-refractivity contribution in [3.63, 3.8) is 0 Å². The molecule has 0 aromatic heterocycles. The first-order valence-corrected chi connectivity index (χ1v) is 7.77. The van der Waals surface area contributed by atoms with E-state index in [0.717, 1.165) is 38.5 Å². The Balaban J connectivity index is 0. The number of hydrogen-bond donors (Lipinski definition) is 2. The Morgan fingerprint density at radius 2 is 1.10 bits per heavy atom. The van der Waals surface area contributed by atoms with Crippen molar-refractivity contribution in [3.05, 3.63) is 12.2 Å². The van der Waals surface area contributed by atoms with Crippen LogP contribution < -0.4 is 10.6 Å². The van der Waals surface area contributed by atoms with Gasteiger partial charge in [0.1, 0.15) is 0 Å². The molecular weight excluding hydrogens is 252 g/mol. The number of hydrogen-bond acceptors (Lipinski definition) is 2. The van der Waals surface area contributed by atoms with Crippen molar-refractivity contribution in [2.24, 2.45) is 0 Å². The zero-order valence-corrected chi connectivity index (χ0v) is 13.6. The van der Waals surface area contributed by atoms with Crippen LogP contribution in [0.5, 0.6) is 0 Å². The molecule has 2 N–H and O–H groups in total. The Kier molecular flexibility index (Phi) is 18.6. The number of unbranched alkanes of at least 4 members (excludes halogenated alkanes) is 4. The molecule has 0 aromatic carbocycles. The van der Waals surface area contributed by atoms with E-state index in [2.05, 4.69) is 22.8 Å². The molecule has 0 fully saturated rings. The summed E-state index contributed by atoms with van der Waals surface area (Å²) in [5.41, 5.74) is 0. The molecule has 0 unspecified atom stereocenters. The normalized spacial score (nSPS) is 9.80. The molecule has 0 rings (SSSR count). The molecule has 0 aromatic rings. The highest BCUT2D eigenvalue weighted by atomic mass is 16.2. The third-order valence-corrected chi connectivity index (χ3v) is 2.77. The maximum atomic E-state index is 10.9. The minimum absolute atomic E-state index is 0.119. The van der Waals surface area contributed by atoms with Crippen LogP contribution >= 0.6 is 0 Å². The molecule has 0 spiro atoms. The van der Waals surface area contributed by atoms with E-state index in [1.807, 2.05) is 13.8 Å². The van der Waals surface area contributed by atoms with Crippen LogP contribution in [0.25, 0.3) is 0 Å². The maximum absolute atomic E-state index is 10.9. The fourth-order valence-corrected chi connectivity index (χ4v) is 1.58. The predicted octanol–water partition coefficient (Wildman–Crippen LogP) is 3.18. The third-order valence-electron chi connectivity index (χ3n) is 2.77. The standard InChI is InChI=1S/C14H26N2O2.C2H6/c1-15-13(17)11-9-7-5-3-4-6-8-10-12-14(18)16-2;1-2/h3-4H,5-12H2,1-2H3,(H,15,17)(H,16,18);1-2H3/b4-3-;. The second kappa shape index (κ2) is 17.7. The second-order valence-corrected chi connectivity index (χ2v) is 4.31. The molecule has 4 nitrogen and oxygen atoms in total. The van der Waals surface area contributed by atoms with Crippen molar-refractivity contribution in [1.29, 1.82) is 0 Å². The van der Waals surface area contributed by atoms with Gasteiger partial charge in [0, 0.05) is 26.9 Å². The van der Waals surface area contributed by atoms with Gasteiger partial charge in [0.25, 0.3) is 0 Å². The van der Waals surface area contributed by atoms with Gasteiger partial charge < -0.3 is 10.6 Å². The highest BCUT2D eigenvalue weighted by Crippen LogP contribution is 2.04. The molecule has 0 heterocycles. The summed E-state index contributed by atoms with van der Waals surface area (Å²) in [7, 11) is 3.34. The summed E-state index contributed by atoms with van der Waals surface area (Å²) in [4.78, 5) is 21.9. The van der Waals surface area contributed by atoms with Gasteiger partial charge in [-0.2, -0.15) is 0 Å². The van der Waals surface area contributed by atoms with Gasteiger partial charge in [-0.05, 0) is 38.5 Å². The summed E-state index contributed by atoms with van der Waals surface area (Å²) in [5.74, 6) is 0.237. The number of rotatable bonds is 10. The number of carbonyl (C=O) groups excluding carboxylic acids is 2. The van der Waals surface area contributed by atoms with E-state index in [4.69, 9.17) is 0 Å². The Morgan fingerprint density at radius 1 is 0.750 bits per heavy atom. The first kappa shape index (κ1) is 21.0. The molecule has 0 aliphatic rings. The molecule has 20 heavy (non-hydrogen) atoms. The molecule has 0 aliphatic heterocycles. The molecule has 2 amide bonds. The van der Waals surface area contributed by atoms with Crippen molar-refractivity contribution in [2.45, 2.75) is 65.2 Å².